The monoisotopic (exact) mass is 448 g/mol. The maximum Gasteiger partial charge on any atom is 0.123 e. The van der Waals surface area contributed by atoms with Crippen molar-refractivity contribution in [2.24, 2.45) is 0 Å². The van der Waals surface area contributed by atoms with E-state index in [2.05, 4.69) is 84.9 Å². The molecule has 0 unspecified atom stereocenters. The van der Waals surface area contributed by atoms with Crippen LogP contribution in [0.1, 0.15) is 11.1 Å². The molecule has 3 heteroatoms. The van der Waals surface area contributed by atoms with Crippen LogP contribution in [0.25, 0.3) is 32.7 Å². The number of rotatable bonds is 3. The summed E-state index contributed by atoms with van der Waals surface area (Å²) in [6.07, 6.45) is 2.07. The summed E-state index contributed by atoms with van der Waals surface area (Å²) in [5.41, 5.74) is 5.66. The summed E-state index contributed by atoms with van der Waals surface area (Å²) in [7, 11) is 2.97. The maximum atomic E-state index is 5.60. The van der Waals surface area contributed by atoms with E-state index in [4.69, 9.17) is 9.47 Å². The van der Waals surface area contributed by atoms with Gasteiger partial charge in [-0.15, -0.1) is 0 Å². The van der Waals surface area contributed by atoms with Crippen LogP contribution in [-0.2, 0) is 12.3 Å². The smallest absolute Gasteiger partial charge is 0.123 e. The molecule has 1 aliphatic rings. The van der Waals surface area contributed by atoms with Crippen LogP contribution >= 0.6 is 7.92 Å². The van der Waals surface area contributed by atoms with Crippen molar-refractivity contribution >= 4 is 34.8 Å². The zero-order valence-corrected chi connectivity index (χ0v) is 19.7. The van der Waals surface area contributed by atoms with Crippen molar-refractivity contribution in [1.82, 2.24) is 0 Å². The van der Waals surface area contributed by atoms with Gasteiger partial charge in [-0.2, -0.15) is 0 Å². The first-order valence-corrected chi connectivity index (χ1v) is 13.0. The zero-order valence-electron chi connectivity index (χ0n) is 18.8. The van der Waals surface area contributed by atoms with Gasteiger partial charge in [0.1, 0.15) is 11.5 Å². The third-order valence-corrected chi connectivity index (χ3v) is 9.14. The van der Waals surface area contributed by atoms with Gasteiger partial charge in [-0.1, -0.05) is 80.7 Å². The van der Waals surface area contributed by atoms with Crippen LogP contribution in [0.15, 0.2) is 91.0 Å². The van der Waals surface area contributed by atoms with E-state index < -0.39 is 7.92 Å². The summed E-state index contributed by atoms with van der Waals surface area (Å²) in [5.74, 6) is 1.71. The molecule has 1 aliphatic heterocycles. The van der Waals surface area contributed by atoms with Crippen molar-refractivity contribution in [1.29, 1.82) is 0 Å². The van der Waals surface area contributed by atoms with Crippen LogP contribution in [0.2, 0.25) is 0 Å². The van der Waals surface area contributed by atoms with E-state index in [1.54, 1.807) is 14.2 Å². The number of ether oxygens (including phenoxy) is 2. The van der Waals surface area contributed by atoms with Gasteiger partial charge in [0.25, 0.3) is 0 Å². The summed E-state index contributed by atoms with van der Waals surface area (Å²) in [6.45, 7) is 0. The van der Waals surface area contributed by atoms with E-state index >= 15 is 0 Å². The van der Waals surface area contributed by atoms with Gasteiger partial charge in [0.2, 0.25) is 0 Å². The Morgan fingerprint density at radius 2 is 1.06 bits per heavy atom. The summed E-state index contributed by atoms with van der Waals surface area (Å²) >= 11 is 0. The highest BCUT2D eigenvalue weighted by molar-refractivity contribution is 7.64. The summed E-state index contributed by atoms with van der Waals surface area (Å²) in [5, 5.41) is 6.59. The quantitative estimate of drug-likeness (QED) is 0.266. The molecule has 0 spiro atoms. The SMILES string of the molecule is COc1cc(OC)cc(P2Cc3ccc4ccccc4c3-c3c(ccc4ccccc34)C2)c1. The predicted octanol–water partition coefficient (Wildman–Crippen LogP) is 7.50. The van der Waals surface area contributed by atoms with E-state index in [1.165, 1.54) is 49.1 Å². The standard InChI is InChI=1S/C30H25O2P/c1-31-24-15-25(32-2)17-26(16-24)33-18-22-13-11-20-7-3-5-9-27(20)29(22)30-23(19-33)14-12-21-8-4-6-10-28(21)30/h3-17H,18-19H2,1-2H3. The number of benzene rings is 5. The normalized spacial score (nSPS) is 13.4. The summed E-state index contributed by atoms with van der Waals surface area (Å²) in [6, 6.07) is 33.2. The fraction of sp³-hybridized carbons (Fsp3) is 0.133. The molecule has 0 aliphatic carbocycles. The van der Waals surface area contributed by atoms with Gasteiger partial charge in [0.15, 0.2) is 0 Å². The van der Waals surface area contributed by atoms with Gasteiger partial charge in [0, 0.05) is 6.07 Å². The van der Waals surface area contributed by atoms with Gasteiger partial charge < -0.3 is 9.47 Å². The molecule has 162 valence electrons. The molecule has 33 heavy (non-hydrogen) atoms. The Balaban J connectivity index is 1.65. The highest BCUT2D eigenvalue weighted by Gasteiger charge is 2.26. The summed E-state index contributed by atoms with van der Waals surface area (Å²) in [4.78, 5) is 0. The minimum Gasteiger partial charge on any atom is -0.497 e. The lowest BCUT2D eigenvalue weighted by molar-refractivity contribution is 0.395. The third kappa shape index (κ3) is 3.46. The first-order valence-electron chi connectivity index (χ1n) is 11.2. The second-order valence-corrected chi connectivity index (χ2v) is 10.8. The van der Waals surface area contributed by atoms with Gasteiger partial charge in [0.05, 0.1) is 14.2 Å². The van der Waals surface area contributed by atoms with Crippen molar-refractivity contribution in [3.8, 4) is 22.6 Å². The number of hydrogen-bond donors (Lipinski definition) is 0. The predicted molar refractivity (Wildman–Crippen MR) is 140 cm³/mol. The van der Waals surface area contributed by atoms with Crippen LogP contribution in [0.3, 0.4) is 0 Å². The van der Waals surface area contributed by atoms with Gasteiger partial charge in [-0.05, 0) is 73.6 Å². The lowest BCUT2D eigenvalue weighted by atomic mass is 9.88. The second kappa shape index (κ2) is 8.21. The maximum absolute atomic E-state index is 5.60. The fourth-order valence-corrected chi connectivity index (χ4v) is 7.56. The summed E-state index contributed by atoms with van der Waals surface area (Å²) < 4.78 is 11.2. The lowest BCUT2D eigenvalue weighted by Crippen LogP contribution is -2.06. The first kappa shape index (κ1) is 20.3. The van der Waals surface area contributed by atoms with Crippen molar-refractivity contribution < 1.29 is 9.47 Å². The van der Waals surface area contributed by atoms with E-state index in [-0.39, 0.29) is 0 Å². The Kier molecular flexibility index (Phi) is 5.04. The Labute approximate surface area is 195 Å². The zero-order chi connectivity index (χ0) is 22.4. The van der Waals surface area contributed by atoms with E-state index in [9.17, 15) is 0 Å². The molecule has 0 N–H and O–H groups in total. The van der Waals surface area contributed by atoms with Crippen LogP contribution in [0.5, 0.6) is 11.5 Å². The van der Waals surface area contributed by atoms with E-state index in [0.717, 1.165) is 23.8 Å². The van der Waals surface area contributed by atoms with Crippen molar-refractivity contribution in [2.45, 2.75) is 12.3 Å². The second-order valence-electron chi connectivity index (χ2n) is 8.57. The van der Waals surface area contributed by atoms with Crippen LogP contribution in [-0.4, -0.2) is 14.2 Å². The van der Waals surface area contributed by atoms with Crippen LogP contribution in [0.4, 0.5) is 0 Å². The van der Waals surface area contributed by atoms with Crippen LogP contribution in [0, 0.1) is 0 Å². The molecule has 0 bridgehead atoms. The molecular weight excluding hydrogens is 423 g/mol. The molecule has 6 rings (SSSR count). The van der Waals surface area contributed by atoms with Crippen molar-refractivity contribution in [2.75, 3.05) is 14.2 Å². The topological polar surface area (TPSA) is 18.5 Å². The largest absolute Gasteiger partial charge is 0.497 e. The van der Waals surface area contributed by atoms with E-state index in [0.29, 0.717) is 0 Å². The number of fused-ring (bicyclic) bond motifs is 7. The minimum atomic E-state index is -0.481. The molecule has 5 aromatic carbocycles. The highest BCUT2D eigenvalue weighted by atomic mass is 31.1. The Bertz CT molecular complexity index is 1400. The van der Waals surface area contributed by atoms with Crippen molar-refractivity contribution in [3.63, 3.8) is 0 Å². The van der Waals surface area contributed by atoms with Gasteiger partial charge in [-0.25, -0.2) is 0 Å². The average molecular weight is 449 g/mol. The molecule has 0 amide bonds. The number of hydrogen-bond acceptors (Lipinski definition) is 2. The molecule has 0 radical (unpaired) electrons. The molecule has 0 saturated heterocycles. The molecule has 0 atom stereocenters. The first-order chi connectivity index (χ1) is 16.2. The Hall–Kier alpha value is -3.35. The molecule has 0 saturated carbocycles. The van der Waals surface area contributed by atoms with Crippen LogP contribution < -0.4 is 14.8 Å². The number of methoxy groups -OCH3 is 2. The van der Waals surface area contributed by atoms with Gasteiger partial charge in [-0.3, -0.25) is 0 Å². The lowest BCUT2D eigenvalue weighted by Gasteiger charge is -2.19. The average Bonchev–Trinajstić information content (AvgIpc) is 3.05. The molecule has 0 aromatic heterocycles. The van der Waals surface area contributed by atoms with E-state index in [1.807, 2.05) is 6.07 Å². The molecular formula is C30H25O2P. The highest BCUT2D eigenvalue weighted by Crippen LogP contribution is 2.53. The minimum absolute atomic E-state index is 0.481. The molecule has 1 heterocycles. The van der Waals surface area contributed by atoms with Crippen molar-refractivity contribution in [3.05, 3.63) is 102 Å². The Morgan fingerprint density at radius 1 is 0.576 bits per heavy atom. The Morgan fingerprint density at radius 3 is 1.55 bits per heavy atom. The molecule has 5 aromatic rings. The van der Waals surface area contributed by atoms with Gasteiger partial charge >= 0.3 is 0 Å². The third-order valence-electron chi connectivity index (χ3n) is 6.70. The molecule has 2 nitrogen and oxygen atoms in total. The fourth-order valence-electron chi connectivity index (χ4n) is 5.11. The molecule has 0 fully saturated rings.